The minimum Gasteiger partial charge on any atom is -0.312 e. The van der Waals surface area contributed by atoms with Crippen LogP contribution in [0.3, 0.4) is 0 Å². The molecule has 0 saturated carbocycles. The maximum Gasteiger partial charge on any atom is 0.301 e. The van der Waals surface area contributed by atoms with Gasteiger partial charge in [0.25, 0.3) is 0 Å². The largest absolute Gasteiger partial charge is 0.312 e. The third-order valence-corrected chi connectivity index (χ3v) is 5.83. The van der Waals surface area contributed by atoms with E-state index in [-0.39, 0.29) is 0 Å². The molecule has 1 atom stereocenters. The fraction of sp³-hybridized carbons (Fsp3) is 0.600. The number of nitrogens with one attached hydrogen (secondary N) is 2. The lowest BCUT2D eigenvalue weighted by Gasteiger charge is -2.31. The number of hydrogen-bond acceptors (Lipinski definition) is 3. The molecule has 0 spiro atoms. The average molecular weight is 309 g/mol. The Morgan fingerprint density at radius 1 is 1.38 bits per heavy atom. The van der Waals surface area contributed by atoms with Gasteiger partial charge in [0.05, 0.1) is 5.69 Å². The Hall–Kier alpha value is -1.11. The van der Waals surface area contributed by atoms with Crippen molar-refractivity contribution < 1.29 is 8.42 Å². The van der Waals surface area contributed by atoms with E-state index < -0.39 is 10.2 Å². The summed E-state index contributed by atoms with van der Waals surface area (Å²) in [6, 6.07) is 5.85. The maximum absolute atomic E-state index is 12.6. The van der Waals surface area contributed by atoms with E-state index in [1.807, 2.05) is 12.1 Å². The average Bonchev–Trinajstić information content (AvgIpc) is 2.47. The molecule has 0 radical (unpaired) electrons. The fourth-order valence-electron chi connectivity index (χ4n) is 3.20. The van der Waals surface area contributed by atoms with E-state index in [0.29, 0.717) is 19.0 Å². The van der Waals surface area contributed by atoms with Gasteiger partial charge in [0.2, 0.25) is 0 Å². The lowest BCUT2D eigenvalue weighted by atomic mass is 9.99. The molecule has 2 aliphatic heterocycles. The van der Waals surface area contributed by atoms with Crippen molar-refractivity contribution in [2.45, 2.75) is 32.7 Å². The van der Waals surface area contributed by atoms with Crippen LogP contribution in [0.25, 0.3) is 0 Å². The molecule has 116 valence electrons. The van der Waals surface area contributed by atoms with Crippen molar-refractivity contribution in [2.75, 3.05) is 24.4 Å². The van der Waals surface area contributed by atoms with Gasteiger partial charge in [-0.2, -0.15) is 12.7 Å². The molecule has 1 unspecified atom stereocenters. The Morgan fingerprint density at radius 3 is 3.05 bits per heavy atom. The molecular weight excluding hydrogens is 286 g/mol. The molecule has 21 heavy (non-hydrogen) atoms. The van der Waals surface area contributed by atoms with Crippen LogP contribution in [0.15, 0.2) is 18.2 Å². The maximum atomic E-state index is 12.6. The molecule has 0 bridgehead atoms. The lowest BCUT2D eigenvalue weighted by molar-refractivity contribution is 0.282. The lowest BCUT2D eigenvalue weighted by Crippen LogP contribution is -2.42. The molecule has 2 N–H and O–H groups in total. The minimum atomic E-state index is -3.44. The number of fused-ring (bicyclic) bond motifs is 1. The second-order valence-electron chi connectivity index (χ2n) is 6.08. The van der Waals surface area contributed by atoms with Crippen LogP contribution in [0.5, 0.6) is 0 Å². The molecule has 2 heterocycles. The van der Waals surface area contributed by atoms with Gasteiger partial charge in [0, 0.05) is 19.6 Å². The molecule has 1 saturated heterocycles. The minimum absolute atomic E-state index is 0.434. The predicted octanol–water partition coefficient (Wildman–Crippen LogP) is 1.72. The summed E-state index contributed by atoms with van der Waals surface area (Å²) in [7, 11) is -3.44. The van der Waals surface area contributed by atoms with Crippen LogP contribution >= 0.6 is 0 Å². The van der Waals surface area contributed by atoms with Gasteiger partial charge in [-0.25, -0.2) is 0 Å². The molecule has 0 amide bonds. The highest BCUT2D eigenvalue weighted by molar-refractivity contribution is 7.90. The van der Waals surface area contributed by atoms with Crippen LogP contribution < -0.4 is 10.0 Å². The van der Waals surface area contributed by atoms with Crippen molar-refractivity contribution in [1.29, 1.82) is 0 Å². The summed E-state index contributed by atoms with van der Waals surface area (Å²) in [5.41, 5.74) is 3.06. The number of piperidine rings is 1. The number of benzene rings is 1. The topological polar surface area (TPSA) is 61.4 Å². The van der Waals surface area contributed by atoms with Gasteiger partial charge in [0.15, 0.2) is 0 Å². The van der Waals surface area contributed by atoms with E-state index in [1.54, 1.807) is 4.31 Å². The summed E-state index contributed by atoms with van der Waals surface area (Å²) >= 11 is 0. The van der Waals surface area contributed by atoms with Gasteiger partial charge in [-0.15, -0.1) is 0 Å². The van der Waals surface area contributed by atoms with Crippen molar-refractivity contribution >= 4 is 15.9 Å². The summed E-state index contributed by atoms with van der Waals surface area (Å²) < 4.78 is 29.6. The standard InChI is InChI=1S/C15H23N3O2S/c1-12-4-3-9-18(11-12)21(19,20)17-15-6-2-5-13-10-16-8-7-14(13)15/h2,5-6,12,16-17H,3-4,7-11H2,1H3. The van der Waals surface area contributed by atoms with Crippen LogP contribution in [0.1, 0.15) is 30.9 Å². The summed E-state index contributed by atoms with van der Waals surface area (Å²) in [4.78, 5) is 0. The van der Waals surface area contributed by atoms with E-state index in [1.165, 1.54) is 5.56 Å². The second-order valence-corrected chi connectivity index (χ2v) is 7.75. The predicted molar refractivity (Wildman–Crippen MR) is 84.4 cm³/mol. The van der Waals surface area contributed by atoms with Crippen molar-refractivity contribution in [2.24, 2.45) is 5.92 Å². The molecule has 1 aromatic carbocycles. The van der Waals surface area contributed by atoms with Gasteiger partial charge in [0.1, 0.15) is 0 Å². The first kappa shape index (κ1) is 14.8. The molecule has 5 nitrogen and oxygen atoms in total. The molecular formula is C15H23N3O2S. The van der Waals surface area contributed by atoms with Crippen LogP contribution in [-0.2, 0) is 23.2 Å². The number of hydrogen-bond donors (Lipinski definition) is 2. The van der Waals surface area contributed by atoms with E-state index in [2.05, 4.69) is 23.0 Å². The van der Waals surface area contributed by atoms with Gasteiger partial charge >= 0.3 is 10.2 Å². The number of nitrogens with zero attached hydrogens (tertiary/aromatic N) is 1. The Kier molecular flexibility index (Phi) is 4.19. The van der Waals surface area contributed by atoms with E-state index >= 15 is 0 Å². The molecule has 0 aromatic heterocycles. The second kappa shape index (κ2) is 5.94. The monoisotopic (exact) mass is 309 g/mol. The zero-order valence-electron chi connectivity index (χ0n) is 12.4. The molecule has 3 rings (SSSR count). The summed E-state index contributed by atoms with van der Waals surface area (Å²) in [5.74, 6) is 0.434. The van der Waals surface area contributed by atoms with Gasteiger partial charge in [-0.05, 0) is 48.9 Å². The van der Waals surface area contributed by atoms with Crippen molar-refractivity contribution in [3.8, 4) is 0 Å². The summed E-state index contributed by atoms with van der Waals surface area (Å²) in [5, 5.41) is 3.31. The normalized spacial score (nSPS) is 23.6. The van der Waals surface area contributed by atoms with Gasteiger partial charge < -0.3 is 5.32 Å². The third kappa shape index (κ3) is 3.22. The summed E-state index contributed by atoms with van der Waals surface area (Å²) in [6.07, 6.45) is 2.92. The molecule has 1 fully saturated rings. The Morgan fingerprint density at radius 2 is 2.24 bits per heavy atom. The Balaban J connectivity index is 1.82. The highest BCUT2D eigenvalue weighted by Gasteiger charge is 2.28. The van der Waals surface area contributed by atoms with Crippen LogP contribution in [0.2, 0.25) is 0 Å². The van der Waals surface area contributed by atoms with E-state index in [9.17, 15) is 8.42 Å². The van der Waals surface area contributed by atoms with E-state index in [4.69, 9.17) is 0 Å². The Bertz CT molecular complexity index is 615. The summed E-state index contributed by atoms with van der Waals surface area (Å²) in [6.45, 7) is 5.05. The molecule has 2 aliphatic rings. The van der Waals surface area contributed by atoms with Crippen molar-refractivity contribution in [3.05, 3.63) is 29.3 Å². The molecule has 6 heteroatoms. The highest BCUT2D eigenvalue weighted by atomic mass is 32.2. The van der Waals surface area contributed by atoms with E-state index in [0.717, 1.165) is 43.6 Å². The molecule has 1 aromatic rings. The van der Waals surface area contributed by atoms with Gasteiger partial charge in [-0.1, -0.05) is 19.1 Å². The molecule has 0 aliphatic carbocycles. The first-order valence-corrected chi connectivity index (χ1v) is 9.09. The first-order valence-electron chi connectivity index (χ1n) is 7.65. The SMILES string of the molecule is CC1CCCN(S(=O)(=O)Nc2cccc3c2CCNC3)C1. The zero-order chi connectivity index (χ0) is 14.9. The fourth-order valence-corrected chi connectivity index (χ4v) is 4.61. The Labute approximate surface area is 126 Å². The smallest absolute Gasteiger partial charge is 0.301 e. The quantitative estimate of drug-likeness (QED) is 0.894. The van der Waals surface area contributed by atoms with Crippen molar-refractivity contribution in [1.82, 2.24) is 9.62 Å². The third-order valence-electron chi connectivity index (χ3n) is 4.34. The first-order chi connectivity index (χ1) is 10.1. The highest BCUT2D eigenvalue weighted by Crippen LogP contribution is 2.26. The zero-order valence-corrected chi connectivity index (χ0v) is 13.2. The van der Waals surface area contributed by atoms with Crippen LogP contribution in [0.4, 0.5) is 5.69 Å². The van der Waals surface area contributed by atoms with Crippen molar-refractivity contribution in [3.63, 3.8) is 0 Å². The van der Waals surface area contributed by atoms with Crippen LogP contribution in [0, 0.1) is 5.92 Å². The number of anilines is 1. The van der Waals surface area contributed by atoms with Gasteiger partial charge in [-0.3, -0.25) is 4.72 Å². The number of rotatable bonds is 3. The van der Waals surface area contributed by atoms with Crippen LogP contribution in [-0.4, -0.2) is 32.4 Å².